The number of carbonyl (C=O) groups is 1. The third kappa shape index (κ3) is 3.28. The van der Waals surface area contributed by atoms with Gasteiger partial charge in [-0.1, -0.05) is 23.7 Å². The van der Waals surface area contributed by atoms with Gasteiger partial charge in [-0.25, -0.2) is 4.79 Å². The van der Waals surface area contributed by atoms with Crippen molar-refractivity contribution in [3.63, 3.8) is 0 Å². The summed E-state index contributed by atoms with van der Waals surface area (Å²) in [6, 6.07) is 13.4. The molecule has 4 nitrogen and oxygen atoms in total. The molecule has 0 fully saturated rings. The summed E-state index contributed by atoms with van der Waals surface area (Å²) in [5, 5.41) is 17.9. The summed E-state index contributed by atoms with van der Waals surface area (Å²) >= 11 is 5.96. The minimum atomic E-state index is -1.04. The van der Waals surface area contributed by atoms with Crippen molar-refractivity contribution in [3.8, 4) is 11.8 Å². The van der Waals surface area contributed by atoms with Crippen LogP contribution < -0.4 is 4.74 Å². The fraction of sp³-hybridized carbons (Fsp3) is 0.0667. The van der Waals surface area contributed by atoms with E-state index in [1.54, 1.807) is 18.2 Å². The van der Waals surface area contributed by atoms with Crippen LogP contribution in [-0.4, -0.2) is 11.1 Å². The van der Waals surface area contributed by atoms with Gasteiger partial charge in [0.15, 0.2) is 0 Å². The van der Waals surface area contributed by atoms with Crippen LogP contribution in [0.1, 0.15) is 21.5 Å². The summed E-state index contributed by atoms with van der Waals surface area (Å²) in [7, 11) is 0. The molecule has 2 aromatic carbocycles. The summed E-state index contributed by atoms with van der Waals surface area (Å²) in [5.74, 6) is -0.640. The Balaban J connectivity index is 2.11. The summed E-state index contributed by atoms with van der Waals surface area (Å²) < 4.78 is 5.52. The Morgan fingerprint density at radius 1 is 1.30 bits per heavy atom. The first-order valence-corrected chi connectivity index (χ1v) is 6.12. The molecule has 0 saturated carbocycles. The van der Waals surface area contributed by atoms with E-state index in [9.17, 15) is 4.79 Å². The first-order chi connectivity index (χ1) is 9.60. The van der Waals surface area contributed by atoms with Crippen molar-refractivity contribution in [2.24, 2.45) is 0 Å². The van der Waals surface area contributed by atoms with E-state index in [-0.39, 0.29) is 17.2 Å². The number of nitrogens with zero attached hydrogens (tertiary/aromatic N) is 1. The molecule has 20 heavy (non-hydrogen) atoms. The fourth-order valence-electron chi connectivity index (χ4n) is 1.64. The summed E-state index contributed by atoms with van der Waals surface area (Å²) in [6.45, 7) is 0.252. The van der Waals surface area contributed by atoms with E-state index in [0.29, 0.717) is 11.3 Å². The van der Waals surface area contributed by atoms with E-state index in [2.05, 4.69) is 0 Å². The molecule has 0 aromatic heterocycles. The van der Waals surface area contributed by atoms with Crippen molar-refractivity contribution in [2.45, 2.75) is 6.61 Å². The van der Waals surface area contributed by atoms with Crippen LogP contribution in [0.4, 0.5) is 0 Å². The van der Waals surface area contributed by atoms with Crippen molar-refractivity contribution in [1.29, 1.82) is 5.26 Å². The van der Waals surface area contributed by atoms with E-state index >= 15 is 0 Å². The minimum Gasteiger partial charge on any atom is -0.487 e. The van der Waals surface area contributed by atoms with Gasteiger partial charge in [0.1, 0.15) is 12.4 Å². The molecule has 0 aliphatic carbocycles. The lowest BCUT2D eigenvalue weighted by atomic mass is 10.1. The number of nitriles is 1. The average Bonchev–Trinajstić information content (AvgIpc) is 2.46. The Kier molecular flexibility index (Phi) is 4.24. The number of halogens is 1. The van der Waals surface area contributed by atoms with Crippen molar-refractivity contribution in [3.05, 3.63) is 64.2 Å². The fourth-order valence-corrected chi connectivity index (χ4v) is 1.88. The Morgan fingerprint density at radius 3 is 2.75 bits per heavy atom. The molecule has 0 amide bonds. The number of aromatic carboxylic acids is 1. The lowest BCUT2D eigenvalue weighted by molar-refractivity contribution is 0.0697. The normalized spacial score (nSPS) is 9.80. The number of rotatable bonds is 4. The molecule has 0 bridgehead atoms. The van der Waals surface area contributed by atoms with Crippen LogP contribution in [0.25, 0.3) is 0 Å². The standard InChI is InChI=1S/C15H10ClNO3/c16-13-7-12(15(18)19)4-5-14(13)20-9-11-3-1-2-10(6-11)8-17/h1-7H,9H2,(H,18,19). The van der Waals surface area contributed by atoms with E-state index in [1.165, 1.54) is 18.2 Å². The zero-order valence-corrected chi connectivity index (χ0v) is 11.1. The molecule has 0 radical (unpaired) electrons. The van der Waals surface area contributed by atoms with Gasteiger partial charge in [-0.05, 0) is 35.9 Å². The smallest absolute Gasteiger partial charge is 0.335 e. The zero-order chi connectivity index (χ0) is 14.5. The van der Waals surface area contributed by atoms with Crippen molar-refractivity contribution in [1.82, 2.24) is 0 Å². The highest BCUT2D eigenvalue weighted by atomic mass is 35.5. The monoisotopic (exact) mass is 287 g/mol. The lowest BCUT2D eigenvalue weighted by Gasteiger charge is -2.08. The zero-order valence-electron chi connectivity index (χ0n) is 10.3. The van der Waals surface area contributed by atoms with Crippen LogP contribution in [0, 0.1) is 11.3 Å². The summed E-state index contributed by atoms with van der Waals surface area (Å²) in [6.07, 6.45) is 0. The van der Waals surface area contributed by atoms with Gasteiger partial charge in [-0.2, -0.15) is 5.26 Å². The molecule has 100 valence electrons. The molecule has 2 rings (SSSR count). The van der Waals surface area contributed by atoms with Crippen LogP contribution in [0.3, 0.4) is 0 Å². The number of hydrogen-bond donors (Lipinski definition) is 1. The molecule has 0 atom stereocenters. The summed E-state index contributed by atoms with van der Waals surface area (Å²) in [4.78, 5) is 10.8. The lowest BCUT2D eigenvalue weighted by Crippen LogP contribution is -1.99. The van der Waals surface area contributed by atoms with Gasteiger partial charge in [0.25, 0.3) is 0 Å². The van der Waals surface area contributed by atoms with Crippen LogP contribution in [0.5, 0.6) is 5.75 Å². The first-order valence-electron chi connectivity index (χ1n) is 5.75. The number of benzene rings is 2. The van der Waals surface area contributed by atoms with Crippen molar-refractivity contribution in [2.75, 3.05) is 0 Å². The number of carboxylic acid groups (broad SMARTS) is 1. The third-order valence-corrected chi connectivity index (χ3v) is 2.92. The molecule has 5 heteroatoms. The van der Waals surface area contributed by atoms with Crippen LogP contribution in [0.15, 0.2) is 42.5 Å². The summed E-state index contributed by atoms with van der Waals surface area (Å²) in [5.41, 5.74) is 1.50. The van der Waals surface area contributed by atoms with Crippen molar-refractivity contribution >= 4 is 17.6 Å². The van der Waals surface area contributed by atoms with Crippen LogP contribution in [0.2, 0.25) is 5.02 Å². The van der Waals surface area contributed by atoms with Crippen LogP contribution >= 0.6 is 11.6 Å². The predicted molar refractivity (Wildman–Crippen MR) is 73.9 cm³/mol. The van der Waals surface area contributed by atoms with Gasteiger partial charge in [0.05, 0.1) is 22.2 Å². The average molecular weight is 288 g/mol. The number of hydrogen-bond acceptors (Lipinski definition) is 3. The third-order valence-electron chi connectivity index (χ3n) is 2.63. The van der Waals surface area contributed by atoms with Gasteiger partial charge in [0.2, 0.25) is 0 Å². The Labute approximate surface area is 120 Å². The second kappa shape index (κ2) is 6.09. The molecule has 0 aliphatic heterocycles. The maximum Gasteiger partial charge on any atom is 0.335 e. The van der Waals surface area contributed by atoms with E-state index in [4.69, 9.17) is 26.7 Å². The van der Waals surface area contributed by atoms with E-state index in [0.717, 1.165) is 5.56 Å². The second-order valence-electron chi connectivity index (χ2n) is 4.05. The maximum atomic E-state index is 10.8. The van der Waals surface area contributed by atoms with Crippen LogP contribution in [-0.2, 0) is 6.61 Å². The highest BCUT2D eigenvalue weighted by Gasteiger charge is 2.08. The van der Waals surface area contributed by atoms with Gasteiger partial charge in [-0.3, -0.25) is 0 Å². The van der Waals surface area contributed by atoms with E-state index < -0.39 is 5.97 Å². The van der Waals surface area contributed by atoms with Gasteiger partial charge in [-0.15, -0.1) is 0 Å². The van der Waals surface area contributed by atoms with Crippen molar-refractivity contribution < 1.29 is 14.6 Å². The number of ether oxygens (including phenoxy) is 1. The highest BCUT2D eigenvalue weighted by molar-refractivity contribution is 6.32. The topological polar surface area (TPSA) is 70.3 Å². The molecule has 0 saturated heterocycles. The quantitative estimate of drug-likeness (QED) is 0.934. The van der Waals surface area contributed by atoms with Gasteiger partial charge in [0, 0.05) is 0 Å². The first kappa shape index (κ1) is 13.9. The van der Waals surface area contributed by atoms with Gasteiger partial charge >= 0.3 is 5.97 Å². The molecule has 0 spiro atoms. The molecule has 2 aromatic rings. The second-order valence-corrected chi connectivity index (χ2v) is 4.46. The van der Waals surface area contributed by atoms with E-state index in [1.807, 2.05) is 12.1 Å². The molecular weight excluding hydrogens is 278 g/mol. The highest BCUT2D eigenvalue weighted by Crippen LogP contribution is 2.26. The molecular formula is C15H10ClNO3. The largest absolute Gasteiger partial charge is 0.487 e. The molecule has 0 aliphatic rings. The maximum absolute atomic E-state index is 10.8. The minimum absolute atomic E-state index is 0.105. The number of carboxylic acids is 1. The Bertz CT molecular complexity index is 692. The molecule has 0 unspecified atom stereocenters. The predicted octanol–water partition coefficient (Wildman–Crippen LogP) is 3.49. The van der Waals surface area contributed by atoms with Gasteiger partial charge < -0.3 is 9.84 Å². The SMILES string of the molecule is N#Cc1cccc(COc2ccc(C(=O)O)cc2Cl)c1. The molecule has 1 N–H and O–H groups in total. The molecule has 0 heterocycles. The Morgan fingerprint density at radius 2 is 2.10 bits per heavy atom. The Hall–Kier alpha value is -2.51.